The number of morpholine rings is 1. The minimum absolute atomic E-state index is 0.145. The van der Waals surface area contributed by atoms with Crippen molar-refractivity contribution in [2.75, 3.05) is 18.4 Å². The number of anilines is 1. The van der Waals surface area contributed by atoms with Gasteiger partial charge in [0.15, 0.2) is 17.3 Å². The topological polar surface area (TPSA) is 98.1 Å². The number of aromatic nitrogens is 5. The van der Waals surface area contributed by atoms with Gasteiger partial charge in [-0.15, -0.1) is 0 Å². The van der Waals surface area contributed by atoms with E-state index in [-0.39, 0.29) is 35.7 Å². The molecule has 1 amide bonds. The van der Waals surface area contributed by atoms with Crippen LogP contribution < -0.4 is 5.32 Å². The van der Waals surface area contributed by atoms with Crippen LogP contribution in [0.2, 0.25) is 5.02 Å². The number of rotatable bonds is 5. The Hall–Kier alpha value is -3.11. The Balaban J connectivity index is 1.61. The van der Waals surface area contributed by atoms with E-state index in [1.807, 2.05) is 13.8 Å². The quantitative estimate of drug-likeness (QED) is 0.626. The number of carbonyl (C=O) groups excluding carboxylic acids is 1. The molecule has 168 valence electrons. The van der Waals surface area contributed by atoms with Crippen molar-refractivity contribution in [1.29, 1.82) is 0 Å². The van der Waals surface area contributed by atoms with Gasteiger partial charge in [0.1, 0.15) is 5.82 Å². The fourth-order valence-electron chi connectivity index (χ4n) is 3.76. The maximum Gasteiger partial charge on any atom is 0.275 e. The summed E-state index contributed by atoms with van der Waals surface area (Å²) in [5.41, 5.74) is 0.644. The maximum atomic E-state index is 13.6. The lowest BCUT2D eigenvalue weighted by atomic mass is 10.0. The predicted molar refractivity (Wildman–Crippen MR) is 117 cm³/mol. The Kier molecular flexibility index (Phi) is 6.33. The largest absolute Gasteiger partial charge is 0.372 e. The zero-order valence-electron chi connectivity index (χ0n) is 17.9. The second kappa shape index (κ2) is 9.17. The fraction of sp³-hybridized carbons (Fsp3) is 0.381. The van der Waals surface area contributed by atoms with Crippen molar-refractivity contribution in [2.24, 2.45) is 7.05 Å². The molecule has 0 radical (unpaired) electrons. The van der Waals surface area contributed by atoms with E-state index in [0.29, 0.717) is 29.5 Å². The van der Waals surface area contributed by atoms with Gasteiger partial charge in [0.2, 0.25) is 0 Å². The molecule has 11 heteroatoms. The number of hydrogen-bond acceptors (Lipinski definition) is 7. The van der Waals surface area contributed by atoms with Crippen molar-refractivity contribution in [3.63, 3.8) is 0 Å². The summed E-state index contributed by atoms with van der Waals surface area (Å²) in [7, 11) is 1.71. The Morgan fingerprint density at radius 3 is 2.69 bits per heavy atom. The first-order chi connectivity index (χ1) is 15.3. The molecular weight excluding hydrogens is 437 g/mol. The Labute approximate surface area is 189 Å². The average Bonchev–Trinajstić information content (AvgIpc) is 3.15. The second-order valence-electron chi connectivity index (χ2n) is 7.71. The highest BCUT2D eigenvalue weighted by Crippen LogP contribution is 2.25. The summed E-state index contributed by atoms with van der Waals surface area (Å²) < 4.78 is 20.8. The number of ether oxygens (including phenoxy) is 1. The summed E-state index contributed by atoms with van der Waals surface area (Å²) in [6, 6.07) is 3.24. The molecule has 0 bridgehead atoms. The molecule has 4 rings (SSSR count). The molecule has 0 aromatic carbocycles. The summed E-state index contributed by atoms with van der Waals surface area (Å²) in [6.45, 7) is 4.66. The van der Waals surface area contributed by atoms with Gasteiger partial charge in [0.25, 0.3) is 5.91 Å². The molecule has 1 fully saturated rings. The van der Waals surface area contributed by atoms with Gasteiger partial charge in [-0.05, 0) is 26.0 Å². The highest BCUT2D eigenvalue weighted by molar-refractivity contribution is 6.30. The lowest BCUT2D eigenvalue weighted by Gasteiger charge is -2.42. The second-order valence-corrected chi connectivity index (χ2v) is 8.15. The molecular formula is C21H23ClFN7O2. The van der Waals surface area contributed by atoms with Gasteiger partial charge in [-0.3, -0.25) is 9.48 Å². The molecule has 3 aromatic heterocycles. The van der Waals surface area contributed by atoms with Crippen LogP contribution in [-0.2, 0) is 11.8 Å². The summed E-state index contributed by atoms with van der Waals surface area (Å²) in [6.07, 6.45) is 4.96. The van der Waals surface area contributed by atoms with Crippen molar-refractivity contribution in [3.8, 4) is 11.4 Å². The van der Waals surface area contributed by atoms with E-state index in [1.165, 1.54) is 4.68 Å². The molecule has 3 aromatic rings. The molecule has 1 N–H and O–H groups in total. The molecule has 9 nitrogen and oxygen atoms in total. The van der Waals surface area contributed by atoms with Crippen LogP contribution in [0.1, 0.15) is 24.3 Å². The monoisotopic (exact) mass is 459 g/mol. The van der Waals surface area contributed by atoms with E-state index in [2.05, 4.69) is 25.4 Å². The SMILES string of the molecule is C[C@@H]1CN(C(=O)c2nn(C)cc2-c2ncc(F)cn2)[C@H](CNc2ccc(Cl)cn2)[C@H](C)O1. The van der Waals surface area contributed by atoms with Crippen molar-refractivity contribution >= 4 is 23.3 Å². The van der Waals surface area contributed by atoms with Gasteiger partial charge in [0.05, 0.1) is 41.2 Å². The van der Waals surface area contributed by atoms with Gasteiger partial charge in [-0.25, -0.2) is 19.3 Å². The Bertz CT molecular complexity index is 1090. The van der Waals surface area contributed by atoms with E-state index in [1.54, 1.807) is 36.5 Å². The molecule has 0 spiro atoms. The average molecular weight is 460 g/mol. The lowest BCUT2D eigenvalue weighted by Crippen LogP contribution is -2.58. The molecule has 32 heavy (non-hydrogen) atoms. The zero-order valence-corrected chi connectivity index (χ0v) is 18.6. The molecule has 1 aliphatic rings. The Morgan fingerprint density at radius 1 is 1.25 bits per heavy atom. The number of halogens is 2. The highest BCUT2D eigenvalue weighted by atomic mass is 35.5. The lowest BCUT2D eigenvalue weighted by molar-refractivity contribution is -0.0880. The van der Waals surface area contributed by atoms with Crippen LogP contribution in [0.15, 0.2) is 36.9 Å². The van der Waals surface area contributed by atoms with Gasteiger partial charge < -0.3 is 15.0 Å². The Morgan fingerprint density at radius 2 is 2.00 bits per heavy atom. The number of amides is 1. The van der Waals surface area contributed by atoms with Gasteiger partial charge in [0, 0.05) is 32.5 Å². The van der Waals surface area contributed by atoms with E-state index in [9.17, 15) is 9.18 Å². The van der Waals surface area contributed by atoms with E-state index in [0.717, 1.165) is 12.4 Å². The number of pyridine rings is 1. The van der Waals surface area contributed by atoms with Crippen LogP contribution in [-0.4, -0.2) is 66.9 Å². The van der Waals surface area contributed by atoms with Crippen LogP contribution in [0.3, 0.4) is 0 Å². The van der Waals surface area contributed by atoms with Gasteiger partial charge >= 0.3 is 0 Å². The van der Waals surface area contributed by atoms with E-state index in [4.69, 9.17) is 16.3 Å². The third-order valence-corrected chi connectivity index (χ3v) is 5.44. The number of nitrogens with zero attached hydrogens (tertiary/aromatic N) is 6. The first-order valence-electron chi connectivity index (χ1n) is 10.1. The first kappa shape index (κ1) is 22.1. The zero-order chi connectivity index (χ0) is 22.8. The highest BCUT2D eigenvalue weighted by Gasteiger charge is 2.38. The third-order valence-electron chi connectivity index (χ3n) is 5.22. The first-order valence-corrected chi connectivity index (χ1v) is 10.5. The van der Waals surface area contributed by atoms with Crippen molar-refractivity contribution in [3.05, 3.63) is 53.5 Å². The summed E-state index contributed by atoms with van der Waals surface area (Å²) in [5.74, 6) is 0.0535. The van der Waals surface area contributed by atoms with Crippen LogP contribution in [0.25, 0.3) is 11.4 Å². The number of carbonyl (C=O) groups is 1. The minimum atomic E-state index is -0.553. The molecule has 0 unspecified atom stereocenters. The number of hydrogen-bond donors (Lipinski definition) is 1. The van der Waals surface area contributed by atoms with Crippen LogP contribution in [0, 0.1) is 5.82 Å². The van der Waals surface area contributed by atoms with Crippen LogP contribution in [0.4, 0.5) is 10.2 Å². The van der Waals surface area contributed by atoms with Gasteiger partial charge in [-0.2, -0.15) is 5.10 Å². The molecule has 0 saturated carbocycles. The molecule has 1 saturated heterocycles. The molecule has 3 atom stereocenters. The van der Waals surface area contributed by atoms with Crippen molar-refractivity contribution in [2.45, 2.75) is 32.1 Å². The van der Waals surface area contributed by atoms with Gasteiger partial charge in [-0.1, -0.05) is 11.6 Å². The van der Waals surface area contributed by atoms with E-state index >= 15 is 0 Å². The number of aryl methyl sites for hydroxylation is 1. The molecule has 0 aliphatic carbocycles. The number of nitrogens with one attached hydrogen (secondary N) is 1. The smallest absolute Gasteiger partial charge is 0.275 e. The standard InChI is InChI=1S/C21H23ClFN7O2/c1-12-10-30(17(13(2)32-12)9-25-18-5-4-14(22)6-24-18)21(31)19-16(11-29(3)28-19)20-26-7-15(23)8-27-20/h4-8,11-13,17H,9-10H2,1-3H3,(H,24,25)/t12-,13+,17-/m1/s1. The van der Waals surface area contributed by atoms with Crippen LogP contribution >= 0.6 is 11.6 Å². The molecule has 4 heterocycles. The summed E-state index contributed by atoms with van der Waals surface area (Å²) in [4.78, 5) is 27.7. The van der Waals surface area contributed by atoms with Crippen LogP contribution in [0.5, 0.6) is 0 Å². The van der Waals surface area contributed by atoms with E-state index < -0.39 is 5.82 Å². The molecule has 1 aliphatic heterocycles. The summed E-state index contributed by atoms with van der Waals surface area (Å²) in [5, 5.41) is 8.15. The normalized spacial score (nSPS) is 20.9. The minimum Gasteiger partial charge on any atom is -0.372 e. The summed E-state index contributed by atoms with van der Waals surface area (Å²) >= 11 is 5.91. The third kappa shape index (κ3) is 4.71. The van der Waals surface area contributed by atoms with Crippen molar-refractivity contribution in [1.82, 2.24) is 29.6 Å². The fourth-order valence-corrected chi connectivity index (χ4v) is 3.87. The maximum absolute atomic E-state index is 13.6. The predicted octanol–water partition coefficient (Wildman–Crippen LogP) is 2.79. The van der Waals surface area contributed by atoms with Crippen molar-refractivity contribution < 1.29 is 13.9 Å².